The van der Waals surface area contributed by atoms with E-state index in [-0.39, 0.29) is 11.2 Å². The van der Waals surface area contributed by atoms with Crippen LogP contribution in [0, 0.1) is 17.2 Å². The molecule has 20 heavy (non-hydrogen) atoms. The number of nitrogens with one attached hydrogen (secondary N) is 1. The van der Waals surface area contributed by atoms with Gasteiger partial charge in [-0.1, -0.05) is 33.8 Å². The van der Waals surface area contributed by atoms with Crippen molar-refractivity contribution in [2.75, 3.05) is 31.1 Å². The summed E-state index contributed by atoms with van der Waals surface area (Å²) in [6, 6.07) is 6.86. The van der Waals surface area contributed by atoms with Crippen molar-refractivity contribution in [2.45, 2.75) is 34.6 Å². The molecular formula is C17H29FN2. The first-order chi connectivity index (χ1) is 9.34. The molecule has 0 aliphatic heterocycles. The molecule has 0 amide bonds. The maximum Gasteiger partial charge on any atom is 0.125 e. The van der Waals surface area contributed by atoms with Gasteiger partial charge in [-0.25, -0.2) is 4.39 Å². The Morgan fingerprint density at radius 1 is 1.30 bits per heavy atom. The molecule has 0 fully saturated rings. The summed E-state index contributed by atoms with van der Waals surface area (Å²) in [6.07, 6.45) is 0. The zero-order valence-corrected chi connectivity index (χ0v) is 13.5. The minimum Gasteiger partial charge on any atom is -0.371 e. The molecule has 114 valence electrons. The molecule has 0 saturated carbocycles. The van der Waals surface area contributed by atoms with Crippen LogP contribution in [0.4, 0.5) is 10.1 Å². The fourth-order valence-corrected chi connectivity index (χ4v) is 2.33. The average molecular weight is 280 g/mol. The molecule has 0 aromatic heterocycles. The Balaban J connectivity index is 2.62. The van der Waals surface area contributed by atoms with E-state index >= 15 is 0 Å². The van der Waals surface area contributed by atoms with Gasteiger partial charge in [0.05, 0.1) is 0 Å². The summed E-state index contributed by atoms with van der Waals surface area (Å²) >= 11 is 0. The lowest BCUT2D eigenvalue weighted by Crippen LogP contribution is -2.41. The van der Waals surface area contributed by atoms with Gasteiger partial charge in [0.25, 0.3) is 0 Å². The molecular weight excluding hydrogens is 251 g/mol. The fraction of sp³-hybridized carbons (Fsp3) is 0.647. The highest BCUT2D eigenvalue weighted by molar-refractivity contribution is 5.46. The molecule has 0 saturated heterocycles. The largest absolute Gasteiger partial charge is 0.371 e. The van der Waals surface area contributed by atoms with Gasteiger partial charge < -0.3 is 10.2 Å². The van der Waals surface area contributed by atoms with Crippen molar-refractivity contribution >= 4 is 5.69 Å². The lowest BCUT2D eigenvalue weighted by molar-refractivity contribution is 0.334. The predicted octanol–water partition coefficient (Wildman–Crippen LogP) is 3.92. The van der Waals surface area contributed by atoms with E-state index in [9.17, 15) is 4.39 Å². The molecule has 0 aliphatic rings. The summed E-state index contributed by atoms with van der Waals surface area (Å²) in [4.78, 5) is 2.24. The summed E-state index contributed by atoms with van der Waals surface area (Å²) < 4.78 is 13.3. The normalized spacial score (nSPS) is 11.9. The summed E-state index contributed by atoms with van der Waals surface area (Å²) in [7, 11) is 0. The van der Waals surface area contributed by atoms with E-state index in [4.69, 9.17) is 0 Å². The first kappa shape index (κ1) is 17.0. The van der Waals surface area contributed by atoms with Crippen LogP contribution >= 0.6 is 0 Å². The van der Waals surface area contributed by atoms with Gasteiger partial charge >= 0.3 is 0 Å². The number of rotatable bonds is 8. The van der Waals surface area contributed by atoms with E-state index in [1.807, 2.05) is 6.07 Å². The van der Waals surface area contributed by atoms with Gasteiger partial charge in [0.15, 0.2) is 0 Å². The zero-order chi connectivity index (χ0) is 15.2. The Morgan fingerprint density at radius 3 is 2.55 bits per heavy atom. The molecule has 1 N–H and O–H groups in total. The maximum atomic E-state index is 13.3. The second kappa shape index (κ2) is 7.63. The third kappa shape index (κ3) is 5.91. The fourth-order valence-electron chi connectivity index (χ4n) is 2.33. The Bertz CT molecular complexity index is 402. The molecule has 0 unspecified atom stereocenters. The van der Waals surface area contributed by atoms with Gasteiger partial charge in [-0.3, -0.25) is 0 Å². The number of anilines is 1. The number of hydrogen-bond acceptors (Lipinski definition) is 2. The highest BCUT2D eigenvalue weighted by Gasteiger charge is 2.21. The molecule has 1 aromatic rings. The van der Waals surface area contributed by atoms with Crippen molar-refractivity contribution in [3.8, 4) is 0 Å². The lowest BCUT2D eigenvalue weighted by Gasteiger charge is -2.34. The van der Waals surface area contributed by atoms with Crippen molar-refractivity contribution in [1.29, 1.82) is 0 Å². The topological polar surface area (TPSA) is 15.3 Å². The van der Waals surface area contributed by atoms with Crippen LogP contribution in [0.3, 0.4) is 0 Å². The molecule has 0 atom stereocenters. The number of nitrogens with zero attached hydrogens (tertiary/aromatic N) is 1. The monoisotopic (exact) mass is 280 g/mol. The Kier molecular flexibility index (Phi) is 6.47. The van der Waals surface area contributed by atoms with Gasteiger partial charge in [0.1, 0.15) is 5.82 Å². The first-order valence-corrected chi connectivity index (χ1v) is 7.55. The standard InChI is InChI=1S/C17H29FN2/c1-6-20(16-9-7-8-15(18)10-16)13-17(4,5)12-19-11-14(2)3/h7-10,14,19H,6,11-13H2,1-5H3. The highest BCUT2D eigenvalue weighted by atomic mass is 19.1. The highest BCUT2D eigenvalue weighted by Crippen LogP contribution is 2.22. The van der Waals surface area contributed by atoms with Crippen molar-refractivity contribution in [3.63, 3.8) is 0 Å². The van der Waals surface area contributed by atoms with Crippen LogP contribution in [0.1, 0.15) is 34.6 Å². The summed E-state index contributed by atoms with van der Waals surface area (Å²) in [5, 5.41) is 3.52. The van der Waals surface area contributed by atoms with E-state index in [0.717, 1.165) is 31.9 Å². The van der Waals surface area contributed by atoms with Crippen molar-refractivity contribution in [2.24, 2.45) is 11.3 Å². The second-order valence-electron chi connectivity index (χ2n) is 6.68. The number of benzene rings is 1. The number of halogens is 1. The molecule has 1 rings (SSSR count). The first-order valence-electron chi connectivity index (χ1n) is 7.55. The Morgan fingerprint density at radius 2 is 2.00 bits per heavy atom. The molecule has 0 spiro atoms. The van der Waals surface area contributed by atoms with Gasteiger partial charge in [0.2, 0.25) is 0 Å². The zero-order valence-electron chi connectivity index (χ0n) is 13.5. The van der Waals surface area contributed by atoms with Crippen LogP contribution < -0.4 is 10.2 Å². The quantitative estimate of drug-likeness (QED) is 0.776. The minimum atomic E-state index is -0.170. The summed E-state index contributed by atoms with van der Waals surface area (Å²) in [5.41, 5.74) is 1.11. The van der Waals surface area contributed by atoms with Crippen molar-refractivity contribution < 1.29 is 4.39 Å². The molecule has 1 aromatic carbocycles. The van der Waals surface area contributed by atoms with E-state index in [0.29, 0.717) is 5.92 Å². The molecule has 0 heterocycles. The van der Waals surface area contributed by atoms with E-state index in [2.05, 4.69) is 44.8 Å². The SMILES string of the molecule is CCN(CC(C)(C)CNCC(C)C)c1cccc(F)c1. The molecule has 0 aliphatic carbocycles. The third-order valence-electron chi connectivity index (χ3n) is 3.33. The molecule has 2 nitrogen and oxygen atoms in total. The van der Waals surface area contributed by atoms with E-state index in [1.165, 1.54) is 6.07 Å². The van der Waals surface area contributed by atoms with Crippen LogP contribution in [0.5, 0.6) is 0 Å². The Hall–Kier alpha value is -1.09. The minimum absolute atomic E-state index is 0.150. The van der Waals surface area contributed by atoms with Gasteiger partial charge in [0, 0.05) is 25.3 Å². The van der Waals surface area contributed by atoms with Gasteiger partial charge in [-0.15, -0.1) is 0 Å². The summed E-state index contributed by atoms with van der Waals surface area (Å²) in [5.74, 6) is 0.494. The lowest BCUT2D eigenvalue weighted by atomic mass is 9.92. The van der Waals surface area contributed by atoms with Crippen LogP contribution in [0.15, 0.2) is 24.3 Å². The smallest absolute Gasteiger partial charge is 0.125 e. The van der Waals surface area contributed by atoms with Crippen molar-refractivity contribution in [3.05, 3.63) is 30.1 Å². The van der Waals surface area contributed by atoms with Gasteiger partial charge in [-0.2, -0.15) is 0 Å². The van der Waals surface area contributed by atoms with Crippen LogP contribution in [0.25, 0.3) is 0 Å². The summed E-state index contributed by atoms with van der Waals surface area (Å²) in [6.45, 7) is 14.9. The Labute approximate surface area is 123 Å². The van der Waals surface area contributed by atoms with E-state index < -0.39 is 0 Å². The van der Waals surface area contributed by atoms with Crippen LogP contribution in [0.2, 0.25) is 0 Å². The predicted molar refractivity (Wildman–Crippen MR) is 85.8 cm³/mol. The van der Waals surface area contributed by atoms with Crippen molar-refractivity contribution in [1.82, 2.24) is 5.32 Å². The molecule has 0 radical (unpaired) electrons. The van der Waals surface area contributed by atoms with Crippen LogP contribution in [-0.4, -0.2) is 26.2 Å². The molecule has 0 bridgehead atoms. The van der Waals surface area contributed by atoms with Gasteiger partial charge in [-0.05, 0) is 43.0 Å². The van der Waals surface area contributed by atoms with Crippen LogP contribution in [-0.2, 0) is 0 Å². The third-order valence-corrected chi connectivity index (χ3v) is 3.33. The van der Waals surface area contributed by atoms with E-state index in [1.54, 1.807) is 12.1 Å². The number of hydrogen-bond donors (Lipinski definition) is 1. The second-order valence-corrected chi connectivity index (χ2v) is 6.68. The average Bonchev–Trinajstić information content (AvgIpc) is 2.35. The maximum absolute atomic E-state index is 13.3. The molecule has 3 heteroatoms.